The molecule has 0 saturated carbocycles. The highest BCUT2D eigenvalue weighted by atomic mass is 35.5. The van der Waals surface area contributed by atoms with Crippen LogP contribution in [0.2, 0.25) is 4.34 Å². The van der Waals surface area contributed by atoms with Gasteiger partial charge in [0.2, 0.25) is 5.91 Å². The van der Waals surface area contributed by atoms with Crippen LogP contribution in [0.25, 0.3) is 0 Å². The fourth-order valence-corrected chi connectivity index (χ4v) is 5.46. The Bertz CT molecular complexity index is 634. The molecule has 1 amide bonds. The van der Waals surface area contributed by atoms with Crippen LogP contribution in [0.5, 0.6) is 0 Å². The fraction of sp³-hybridized carbons (Fsp3) is 0.615. The molecule has 0 bridgehead atoms. The highest BCUT2D eigenvalue weighted by Gasteiger charge is 2.29. The maximum absolute atomic E-state index is 12.6. The lowest BCUT2D eigenvalue weighted by molar-refractivity contribution is -0.131. The van der Waals surface area contributed by atoms with Gasteiger partial charge in [-0.05, 0) is 25.5 Å². The zero-order valence-electron chi connectivity index (χ0n) is 12.8. The normalized spacial score (nSPS) is 18.1. The van der Waals surface area contributed by atoms with Crippen LogP contribution in [0.3, 0.4) is 0 Å². The summed E-state index contributed by atoms with van der Waals surface area (Å²) in [7, 11) is -3.53. The number of hydrogen-bond acceptors (Lipinski definition) is 5. The van der Waals surface area contributed by atoms with Crippen molar-refractivity contribution in [3.63, 3.8) is 0 Å². The largest absolute Gasteiger partial charge is 0.341 e. The molecule has 1 unspecified atom stereocenters. The van der Waals surface area contributed by atoms with Crippen LogP contribution in [0.4, 0.5) is 0 Å². The summed E-state index contributed by atoms with van der Waals surface area (Å²) < 4.78 is 27.2. The molecule has 1 atom stereocenters. The molecule has 23 heavy (non-hydrogen) atoms. The van der Waals surface area contributed by atoms with Crippen LogP contribution >= 0.6 is 35.3 Å². The van der Waals surface area contributed by atoms with Crippen molar-refractivity contribution in [1.82, 2.24) is 9.21 Å². The summed E-state index contributed by atoms with van der Waals surface area (Å²) in [5, 5.41) is 0. The molecule has 0 radical (unpaired) electrons. The average molecular weight is 402 g/mol. The van der Waals surface area contributed by atoms with Gasteiger partial charge in [-0.3, -0.25) is 4.79 Å². The molecule has 10 heteroatoms. The first kappa shape index (κ1) is 20.7. The van der Waals surface area contributed by atoms with E-state index in [-0.39, 0.29) is 35.0 Å². The number of halogens is 2. The van der Waals surface area contributed by atoms with E-state index in [9.17, 15) is 13.2 Å². The smallest absolute Gasteiger partial charge is 0.252 e. The quantitative estimate of drug-likeness (QED) is 0.832. The Morgan fingerprint density at radius 1 is 1.35 bits per heavy atom. The summed E-state index contributed by atoms with van der Waals surface area (Å²) >= 11 is 6.87. The standard InChI is InChI=1S/C13H20ClN3O3S2.ClH/c1-10(15)9-12(18)16-5-2-6-17(8-7-16)22(19,20)13-4-3-11(14)21-13;/h3-4,10H,2,5-9,15H2,1H3;1H. The molecular weight excluding hydrogens is 381 g/mol. The van der Waals surface area contributed by atoms with Crippen LogP contribution in [0.15, 0.2) is 16.3 Å². The highest BCUT2D eigenvalue weighted by Crippen LogP contribution is 2.28. The predicted octanol–water partition coefficient (Wildman–Crippen LogP) is 1.78. The second-order valence-corrected chi connectivity index (χ2v) is 9.26. The summed E-state index contributed by atoms with van der Waals surface area (Å²) in [6.07, 6.45) is 0.899. The van der Waals surface area contributed by atoms with E-state index in [1.807, 2.05) is 0 Å². The second kappa shape index (κ2) is 8.64. The van der Waals surface area contributed by atoms with Crippen LogP contribution in [0, 0.1) is 0 Å². The summed E-state index contributed by atoms with van der Waals surface area (Å²) in [6, 6.07) is 2.91. The number of thiophene rings is 1. The molecule has 1 saturated heterocycles. The van der Waals surface area contributed by atoms with E-state index >= 15 is 0 Å². The molecule has 1 aromatic heterocycles. The van der Waals surface area contributed by atoms with Crippen molar-refractivity contribution >= 4 is 51.3 Å². The summed E-state index contributed by atoms with van der Waals surface area (Å²) in [5.74, 6) is -0.0200. The van der Waals surface area contributed by atoms with Gasteiger partial charge in [-0.2, -0.15) is 4.31 Å². The van der Waals surface area contributed by atoms with Crippen LogP contribution in [0.1, 0.15) is 19.8 Å². The Balaban J connectivity index is 0.00000264. The summed E-state index contributed by atoms with van der Waals surface area (Å²) in [4.78, 5) is 13.7. The molecule has 132 valence electrons. The Morgan fingerprint density at radius 2 is 2.04 bits per heavy atom. The Labute approximate surface area is 152 Å². The van der Waals surface area contributed by atoms with Gasteiger partial charge in [-0.1, -0.05) is 11.6 Å². The highest BCUT2D eigenvalue weighted by molar-refractivity contribution is 7.91. The van der Waals surface area contributed by atoms with Gasteiger partial charge in [0.15, 0.2) is 0 Å². The lowest BCUT2D eigenvalue weighted by Crippen LogP contribution is -2.38. The van der Waals surface area contributed by atoms with Crippen LogP contribution < -0.4 is 5.73 Å². The lowest BCUT2D eigenvalue weighted by atomic mass is 10.2. The van der Waals surface area contributed by atoms with Crippen molar-refractivity contribution in [1.29, 1.82) is 0 Å². The van der Waals surface area contributed by atoms with Gasteiger partial charge in [0.25, 0.3) is 10.0 Å². The van der Waals surface area contributed by atoms with Gasteiger partial charge >= 0.3 is 0 Å². The van der Waals surface area contributed by atoms with Crippen molar-refractivity contribution < 1.29 is 13.2 Å². The number of rotatable bonds is 4. The van der Waals surface area contributed by atoms with E-state index in [2.05, 4.69) is 0 Å². The number of sulfonamides is 1. The zero-order chi connectivity index (χ0) is 16.3. The molecule has 2 heterocycles. The number of amides is 1. The van der Waals surface area contributed by atoms with Gasteiger partial charge < -0.3 is 10.6 Å². The molecular formula is C13H21Cl2N3O3S2. The second-order valence-electron chi connectivity index (χ2n) is 5.38. The first-order valence-electron chi connectivity index (χ1n) is 7.09. The molecule has 0 aliphatic carbocycles. The monoisotopic (exact) mass is 401 g/mol. The van der Waals surface area contributed by atoms with Crippen molar-refractivity contribution in [2.24, 2.45) is 5.73 Å². The van der Waals surface area contributed by atoms with Crippen LogP contribution in [-0.4, -0.2) is 55.8 Å². The lowest BCUT2D eigenvalue weighted by Gasteiger charge is -2.22. The van der Waals surface area contributed by atoms with E-state index in [0.29, 0.717) is 36.9 Å². The Morgan fingerprint density at radius 3 is 2.61 bits per heavy atom. The predicted molar refractivity (Wildman–Crippen MR) is 94.8 cm³/mol. The van der Waals surface area contributed by atoms with Crippen molar-refractivity contribution in [2.45, 2.75) is 30.0 Å². The van der Waals surface area contributed by atoms with Gasteiger partial charge in [-0.15, -0.1) is 23.7 Å². The minimum atomic E-state index is -3.53. The minimum Gasteiger partial charge on any atom is -0.341 e. The van der Waals surface area contributed by atoms with E-state index in [0.717, 1.165) is 11.3 Å². The van der Waals surface area contributed by atoms with E-state index < -0.39 is 10.0 Å². The zero-order valence-corrected chi connectivity index (χ0v) is 16.0. The molecule has 1 fully saturated rings. The number of nitrogens with zero attached hydrogens (tertiary/aromatic N) is 2. The molecule has 1 aliphatic heterocycles. The van der Waals surface area contributed by atoms with E-state index in [1.54, 1.807) is 17.9 Å². The van der Waals surface area contributed by atoms with Crippen molar-refractivity contribution in [3.05, 3.63) is 16.5 Å². The van der Waals surface area contributed by atoms with Gasteiger partial charge in [0.05, 0.1) is 4.34 Å². The minimum absolute atomic E-state index is 0. The Kier molecular flexibility index (Phi) is 7.76. The van der Waals surface area contributed by atoms with Crippen molar-refractivity contribution in [2.75, 3.05) is 26.2 Å². The molecule has 2 N–H and O–H groups in total. The summed E-state index contributed by atoms with van der Waals surface area (Å²) in [6.45, 7) is 3.43. The number of carbonyl (C=O) groups is 1. The van der Waals surface area contributed by atoms with E-state index in [4.69, 9.17) is 17.3 Å². The fourth-order valence-electron chi connectivity index (χ4n) is 2.35. The molecule has 1 aromatic rings. The third-order valence-electron chi connectivity index (χ3n) is 3.45. The van der Waals surface area contributed by atoms with Crippen molar-refractivity contribution in [3.8, 4) is 0 Å². The third-order valence-corrected chi connectivity index (χ3v) is 7.04. The SMILES string of the molecule is CC(N)CC(=O)N1CCCN(S(=O)(=O)c2ccc(Cl)s2)CC1.Cl. The van der Waals surface area contributed by atoms with Gasteiger partial charge in [-0.25, -0.2) is 8.42 Å². The molecule has 1 aliphatic rings. The van der Waals surface area contributed by atoms with Gasteiger partial charge in [0, 0.05) is 38.6 Å². The number of hydrogen-bond donors (Lipinski definition) is 1. The third kappa shape index (κ3) is 5.30. The number of nitrogens with two attached hydrogens (primary N) is 1. The first-order chi connectivity index (χ1) is 10.3. The maximum atomic E-state index is 12.6. The first-order valence-corrected chi connectivity index (χ1v) is 9.73. The summed E-state index contributed by atoms with van der Waals surface area (Å²) in [5.41, 5.74) is 5.65. The maximum Gasteiger partial charge on any atom is 0.252 e. The van der Waals surface area contributed by atoms with E-state index in [1.165, 1.54) is 10.4 Å². The molecule has 2 rings (SSSR count). The molecule has 0 aromatic carbocycles. The Hall–Kier alpha value is -0.380. The van der Waals surface area contributed by atoms with Gasteiger partial charge in [0.1, 0.15) is 4.21 Å². The topological polar surface area (TPSA) is 83.7 Å². The molecule has 0 spiro atoms. The molecule has 6 nitrogen and oxygen atoms in total. The average Bonchev–Trinajstić information content (AvgIpc) is 2.73. The number of carbonyl (C=O) groups excluding carboxylic acids is 1. The van der Waals surface area contributed by atoms with Crippen LogP contribution in [-0.2, 0) is 14.8 Å².